The van der Waals surface area contributed by atoms with Gasteiger partial charge in [-0.25, -0.2) is 0 Å². The van der Waals surface area contributed by atoms with Crippen LogP contribution in [0, 0.1) is 11.3 Å². The third kappa shape index (κ3) is 1.51. The van der Waals surface area contributed by atoms with Crippen LogP contribution in [0.3, 0.4) is 0 Å². The Balaban J connectivity index is 2.30. The number of benzene rings is 1. The Morgan fingerprint density at radius 3 is 3.14 bits per heavy atom. The molecule has 3 nitrogen and oxygen atoms in total. The van der Waals surface area contributed by atoms with Gasteiger partial charge in [0.05, 0.1) is 7.11 Å². The molecule has 72 valence electrons. The van der Waals surface area contributed by atoms with Gasteiger partial charge in [-0.2, -0.15) is 5.26 Å². The number of methoxy groups -OCH3 is 1. The van der Waals surface area contributed by atoms with Crippen LogP contribution in [0.4, 0.5) is 0 Å². The van der Waals surface area contributed by atoms with Gasteiger partial charge in [-0.05, 0) is 18.1 Å². The molecule has 1 aromatic rings. The van der Waals surface area contributed by atoms with E-state index < -0.39 is 0 Å². The lowest BCUT2D eigenvalue weighted by Gasteiger charge is -2.21. The van der Waals surface area contributed by atoms with E-state index in [4.69, 9.17) is 14.7 Å². The number of hydrogen-bond acceptors (Lipinski definition) is 3. The molecule has 1 atom stereocenters. The van der Waals surface area contributed by atoms with E-state index in [-0.39, 0.29) is 6.10 Å². The minimum Gasteiger partial charge on any atom is -0.497 e. The van der Waals surface area contributed by atoms with Gasteiger partial charge in [0, 0.05) is 12.5 Å². The summed E-state index contributed by atoms with van der Waals surface area (Å²) in [5.74, 6) is 1.55. The lowest BCUT2D eigenvalue weighted by molar-refractivity contribution is 0.224. The summed E-state index contributed by atoms with van der Waals surface area (Å²) < 4.78 is 10.6. The fourth-order valence-electron chi connectivity index (χ4n) is 1.57. The summed E-state index contributed by atoms with van der Waals surface area (Å²) in [5, 5.41) is 8.74. The molecular formula is C11H11NO2. The Hall–Kier alpha value is -1.69. The first-order valence-electron chi connectivity index (χ1n) is 4.56. The van der Waals surface area contributed by atoms with Crippen LogP contribution in [-0.2, 0) is 6.42 Å². The fraction of sp³-hybridized carbons (Fsp3) is 0.364. The zero-order valence-corrected chi connectivity index (χ0v) is 7.99. The van der Waals surface area contributed by atoms with Gasteiger partial charge in [0.1, 0.15) is 17.6 Å². The standard InChI is InChI=1S/C11H11NO2/c1-13-9-4-2-8-3-5-10(7-12)14-11(8)6-9/h2,4,6,10H,3,5H2,1H3. The van der Waals surface area contributed by atoms with E-state index in [1.165, 1.54) is 0 Å². The van der Waals surface area contributed by atoms with Crippen LogP contribution < -0.4 is 9.47 Å². The van der Waals surface area contributed by atoms with Crippen molar-refractivity contribution in [3.05, 3.63) is 23.8 Å². The summed E-state index contributed by atoms with van der Waals surface area (Å²) in [6.45, 7) is 0. The molecule has 0 amide bonds. The second kappa shape index (κ2) is 3.59. The van der Waals surface area contributed by atoms with Crippen molar-refractivity contribution in [2.24, 2.45) is 0 Å². The van der Waals surface area contributed by atoms with Crippen molar-refractivity contribution in [3.63, 3.8) is 0 Å². The van der Waals surface area contributed by atoms with Gasteiger partial charge >= 0.3 is 0 Å². The molecule has 0 saturated heterocycles. The molecule has 1 aliphatic rings. The summed E-state index contributed by atoms with van der Waals surface area (Å²) >= 11 is 0. The second-order valence-corrected chi connectivity index (χ2v) is 3.25. The Bertz CT molecular complexity index is 381. The van der Waals surface area contributed by atoms with Crippen molar-refractivity contribution >= 4 is 0 Å². The first-order valence-corrected chi connectivity index (χ1v) is 4.56. The third-order valence-electron chi connectivity index (χ3n) is 2.36. The van der Waals surface area contributed by atoms with Gasteiger partial charge in [-0.15, -0.1) is 0 Å². The van der Waals surface area contributed by atoms with Crippen molar-refractivity contribution in [1.29, 1.82) is 5.26 Å². The normalized spacial score (nSPS) is 19.0. The average molecular weight is 189 g/mol. The Kier molecular flexibility index (Phi) is 2.28. The molecular weight excluding hydrogens is 178 g/mol. The SMILES string of the molecule is COc1ccc2c(c1)OC(C#N)CC2. The molecule has 0 bridgehead atoms. The van der Waals surface area contributed by atoms with Crippen LogP contribution >= 0.6 is 0 Å². The van der Waals surface area contributed by atoms with Crippen LogP contribution in [0.1, 0.15) is 12.0 Å². The van der Waals surface area contributed by atoms with E-state index in [0.29, 0.717) is 0 Å². The molecule has 0 aromatic heterocycles. The molecule has 0 saturated carbocycles. The molecule has 0 N–H and O–H groups in total. The maximum Gasteiger partial charge on any atom is 0.184 e. The first kappa shape index (κ1) is 8.89. The highest BCUT2D eigenvalue weighted by Crippen LogP contribution is 2.30. The Morgan fingerprint density at radius 2 is 2.43 bits per heavy atom. The second-order valence-electron chi connectivity index (χ2n) is 3.25. The van der Waals surface area contributed by atoms with Crippen molar-refractivity contribution in [3.8, 4) is 17.6 Å². The first-order chi connectivity index (χ1) is 6.83. The van der Waals surface area contributed by atoms with Crippen LogP contribution in [0.15, 0.2) is 18.2 Å². The number of aryl methyl sites for hydroxylation is 1. The molecule has 0 fully saturated rings. The Morgan fingerprint density at radius 1 is 1.57 bits per heavy atom. The van der Waals surface area contributed by atoms with Crippen LogP contribution in [0.5, 0.6) is 11.5 Å². The summed E-state index contributed by atoms with van der Waals surface area (Å²) in [5.41, 5.74) is 1.15. The van der Waals surface area contributed by atoms with Gasteiger partial charge in [-0.1, -0.05) is 6.07 Å². The number of nitrogens with zero attached hydrogens (tertiary/aromatic N) is 1. The van der Waals surface area contributed by atoms with Crippen molar-refractivity contribution in [1.82, 2.24) is 0 Å². The molecule has 1 aliphatic heterocycles. The molecule has 1 aromatic carbocycles. The predicted octanol–water partition coefficient (Wildman–Crippen LogP) is 1.91. The largest absolute Gasteiger partial charge is 0.497 e. The van der Waals surface area contributed by atoms with Gasteiger partial charge in [0.15, 0.2) is 6.10 Å². The monoisotopic (exact) mass is 189 g/mol. The number of hydrogen-bond donors (Lipinski definition) is 0. The van der Waals surface area contributed by atoms with Gasteiger partial charge in [0.2, 0.25) is 0 Å². The van der Waals surface area contributed by atoms with E-state index in [9.17, 15) is 0 Å². The molecule has 1 heterocycles. The van der Waals surface area contributed by atoms with Crippen LogP contribution in [0.2, 0.25) is 0 Å². The number of ether oxygens (including phenoxy) is 2. The molecule has 0 spiro atoms. The zero-order chi connectivity index (χ0) is 9.97. The van der Waals surface area contributed by atoms with Crippen molar-refractivity contribution < 1.29 is 9.47 Å². The molecule has 0 radical (unpaired) electrons. The topological polar surface area (TPSA) is 42.2 Å². The quantitative estimate of drug-likeness (QED) is 0.677. The lowest BCUT2D eigenvalue weighted by atomic mass is 10.0. The smallest absolute Gasteiger partial charge is 0.184 e. The number of rotatable bonds is 1. The number of fused-ring (bicyclic) bond motifs is 1. The Labute approximate surface area is 82.9 Å². The van der Waals surface area contributed by atoms with E-state index in [1.807, 2.05) is 18.2 Å². The molecule has 14 heavy (non-hydrogen) atoms. The maximum absolute atomic E-state index is 8.74. The highest BCUT2D eigenvalue weighted by Gasteiger charge is 2.19. The lowest BCUT2D eigenvalue weighted by Crippen LogP contribution is -2.20. The van der Waals surface area contributed by atoms with Crippen molar-refractivity contribution in [2.45, 2.75) is 18.9 Å². The minimum absolute atomic E-state index is 0.311. The summed E-state index contributed by atoms with van der Waals surface area (Å²) in [6, 6.07) is 7.85. The van der Waals surface area contributed by atoms with Crippen LogP contribution in [0.25, 0.3) is 0 Å². The van der Waals surface area contributed by atoms with E-state index >= 15 is 0 Å². The van der Waals surface area contributed by atoms with E-state index in [1.54, 1.807) is 7.11 Å². The molecule has 2 rings (SSSR count). The van der Waals surface area contributed by atoms with Gasteiger partial charge in [-0.3, -0.25) is 0 Å². The summed E-state index contributed by atoms with van der Waals surface area (Å²) in [4.78, 5) is 0. The molecule has 1 unspecified atom stereocenters. The molecule has 3 heteroatoms. The van der Waals surface area contributed by atoms with E-state index in [0.717, 1.165) is 29.9 Å². The van der Waals surface area contributed by atoms with Crippen molar-refractivity contribution in [2.75, 3.05) is 7.11 Å². The van der Waals surface area contributed by atoms with E-state index in [2.05, 4.69) is 6.07 Å². The summed E-state index contributed by atoms with van der Waals surface area (Å²) in [7, 11) is 1.62. The van der Waals surface area contributed by atoms with Gasteiger partial charge < -0.3 is 9.47 Å². The third-order valence-corrected chi connectivity index (χ3v) is 2.36. The molecule has 0 aliphatic carbocycles. The average Bonchev–Trinajstić information content (AvgIpc) is 2.27. The highest BCUT2D eigenvalue weighted by molar-refractivity contribution is 5.42. The maximum atomic E-state index is 8.74. The zero-order valence-electron chi connectivity index (χ0n) is 7.99. The predicted molar refractivity (Wildman–Crippen MR) is 51.3 cm³/mol. The number of nitriles is 1. The minimum atomic E-state index is -0.311. The van der Waals surface area contributed by atoms with Crippen LogP contribution in [-0.4, -0.2) is 13.2 Å². The summed E-state index contributed by atoms with van der Waals surface area (Å²) in [6.07, 6.45) is 1.36. The van der Waals surface area contributed by atoms with Gasteiger partial charge in [0.25, 0.3) is 0 Å². The fourth-order valence-corrected chi connectivity index (χ4v) is 1.57. The highest BCUT2D eigenvalue weighted by atomic mass is 16.5.